The third kappa shape index (κ3) is 4.53. The normalized spacial score (nSPS) is 18.9. The van der Waals surface area contributed by atoms with Crippen molar-refractivity contribution in [3.05, 3.63) is 34.4 Å². The van der Waals surface area contributed by atoms with Gasteiger partial charge < -0.3 is 15.3 Å². The summed E-state index contributed by atoms with van der Waals surface area (Å²) in [6.07, 6.45) is 2.27. The fourth-order valence-corrected chi connectivity index (χ4v) is 3.20. The van der Waals surface area contributed by atoms with Crippen LogP contribution < -0.4 is 5.32 Å². The fourth-order valence-electron chi connectivity index (χ4n) is 3.20. The molecule has 1 aromatic carbocycles. The SMILES string of the molecule is Cc1cc(C)c(C(C)NCC(O)CN2CCCC2)cc1C. The Kier molecular flexibility index (Phi) is 5.80. The Morgan fingerprint density at radius 1 is 1.10 bits per heavy atom. The first-order valence-corrected chi connectivity index (χ1v) is 8.19. The van der Waals surface area contributed by atoms with Gasteiger partial charge >= 0.3 is 0 Å². The van der Waals surface area contributed by atoms with Crippen LogP contribution in [0.4, 0.5) is 0 Å². The molecule has 2 unspecified atom stereocenters. The molecule has 3 heteroatoms. The van der Waals surface area contributed by atoms with E-state index in [0.717, 1.165) is 19.6 Å². The van der Waals surface area contributed by atoms with E-state index in [1.165, 1.54) is 35.1 Å². The molecular weight excluding hydrogens is 260 g/mol. The topological polar surface area (TPSA) is 35.5 Å². The van der Waals surface area contributed by atoms with Crippen molar-refractivity contribution in [3.8, 4) is 0 Å². The largest absolute Gasteiger partial charge is 0.390 e. The summed E-state index contributed by atoms with van der Waals surface area (Å²) in [5.41, 5.74) is 5.35. The highest BCUT2D eigenvalue weighted by atomic mass is 16.3. The van der Waals surface area contributed by atoms with Gasteiger partial charge in [-0.15, -0.1) is 0 Å². The van der Waals surface area contributed by atoms with Crippen LogP contribution in [-0.2, 0) is 0 Å². The third-order valence-electron chi connectivity index (χ3n) is 4.68. The second-order valence-electron chi connectivity index (χ2n) is 6.58. The van der Waals surface area contributed by atoms with Gasteiger partial charge in [0.25, 0.3) is 0 Å². The molecule has 2 rings (SSSR count). The van der Waals surface area contributed by atoms with Gasteiger partial charge in [0.15, 0.2) is 0 Å². The predicted molar refractivity (Wildman–Crippen MR) is 88.8 cm³/mol. The predicted octanol–water partition coefficient (Wildman–Crippen LogP) is 2.72. The van der Waals surface area contributed by atoms with Crippen molar-refractivity contribution in [2.75, 3.05) is 26.2 Å². The second kappa shape index (κ2) is 7.39. The molecule has 2 N–H and O–H groups in total. The van der Waals surface area contributed by atoms with Crippen LogP contribution >= 0.6 is 0 Å². The number of hydrogen-bond acceptors (Lipinski definition) is 3. The minimum Gasteiger partial charge on any atom is -0.390 e. The number of aryl methyl sites for hydroxylation is 3. The van der Waals surface area contributed by atoms with Gasteiger partial charge in [0.1, 0.15) is 0 Å². The van der Waals surface area contributed by atoms with E-state index < -0.39 is 0 Å². The zero-order valence-electron chi connectivity index (χ0n) is 13.9. The van der Waals surface area contributed by atoms with Crippen LogP contribution in [0.3, 0.4) is 0 Å². The lowest BCUT2D eigenvalue weighted by Crippen LogP contribution is -2.38. The van der Waals surface area contributed by atoms with Gasteiger partial charge in [-0.3, -0.25) is 0 Å². The van der Waals surface area contributed by atoms with E-state index in [9.17, 15) is 5.11 Å². The number of likely N-dealkylation sites (tertiary alicyclic amines) is 1. The molecule has 118 valence electrons. The summed E-state index contributed by atoms with van der Waals surface area (Å²) in [7, 11) is 0. The highest BCUT2D eigenvalue weighted by Crippen LogP contribution is 2.21. The second-order valence-corrected chi connectivity index (χ2v) is 6.58. The average Bonchev–Trinajstić information content (AvgIpc) is 2.93. The van der Waals surface area contributed by atoms with E-state index in [-0.39, 0.29) is 12.1 Å². The van der Waals surface area contributed by atoms with E-state index in [1.54, 1.807) is 0 Å². The first-order valence-electron chi connectivity index (χ1n) is 8.19. The van der Waals surface area contributed by atoms with Crippen LogP contribution in [0.25, 0.3) is 0 Å². The quantitative estimate of drug-likeness (QED) is 0.845. The lowest BCUT2D eigenvalue weighted by atomic mass is 9.96. The van der Waals surface area contributed by atoms with Crippen LogP contribution in [0.15, 0.2) is 12.1 Å². The fraction of sp³-hybridized carbons (Fsp3) is 0.667. The Hall–Kier alpha value is -0.900. The minimum absolute atomic E-state index is 0.275. The van der Waals surface area contributed by atoms with Crippen molar-refractivity contribution in [1.82, 2.24) is 10.2 Å². The molecule has 1 aliphatic rings. The molecule has 1 heterocycles. The molecule has 1 aromatic rings. The van der Waals surface area contributed by atoms with Gasteiger partial charge in [-0.05, 0) is 75.9 Å². The van der Waals surface area contributed by atoms with Gasteiger partial charge in [0.2, 0.25) is 0 Å². The van der Waals surface area contributed by atoms with Gasteiger partial charge in [-0.1, -0.05) is 12.1 Å². The van der Waals surface area contributed by atoms with E-state index >= 15 is 0 Å². The molecule has 2 atom stereocenters. The Balaban J connectivity index is 1.86. The standard InChI is InChI=1S/C18H30N2O/c1-13-9-15(3)18(10-14(13)2)16(4)19-11-17(21)12-20-7-5-6-8-20/h9-10,16-17,19,21H,5-8,11-12H2,1-4H3. The number of hydrogen-bond donors (Lipinski definition) is 2. The maximum Gasteiger partial charge on any atom is 0.0791 e. The molecule has 0 aromatic heterocycles. The van der Waals surface area contributed by atoms with Gasteiger partial charge in [-0.25, -0.2) is 0 Å². The summed E-state index contributed by atoms with van der Waals surface area (Å²) < 4.78 is 0. The molecule has 0 amide bonds. The summed E-state index contributed by atoms with van der Waals surface area (Å²) in [5, 5.41) is 13.7. The monoisotopic (exact) mass is 290 g/mol. The van der Waals surface area contributed by atoms with Crippen LogP contribution in [-0.4, -0.2) is 42.3 Å². The van der Waals surface area contributed by atoms with Crippen molar-refractivity contribution in [2.45, 2.75) is 52.7 Å². The lowest BCUT2D eigenvalue weighted by molar-refractivity contribution is 0.121. The number of benzene rings is 1. The van der Waals surface area contributed by atoms with Gasteiger partial charge in [-0.2, -0.15) is 0 Å². The van der Waals surface area contributed by atoms with Crippen LogP contribution in [0.2, 0.25) is 0 Å². The zero-order valence-corrected chi connectivity index (χ0v) is 13.9. The van der Waals surface area contributed by atoms with Crippen molar-refractivity contribution in [3.63, 3.8) is 0 Å². The maximum atomic E-state index is 10.2. The van der Waals surface area contributed by atoms with Crippen molar-refractivity contribution in [1.29, 1.82) is 0 Å². The van der Waals surface area contributed by atoms with Crippen LogP contribution in [0, 0.1) is 20.8 Å². The summed E-state index contributed by atoms with van der Waals surface area (Å²) in [4.78, 5) is 2.36. The van der Waals surface area contributed by atoms with E-state index in [1.807, 2.05) is 0 Å². The molecule has 0 saturated carbocycles. The van der Waals surface area contributed by atoms with Crippen LogP contribution in [0.5, 0.6) is 0 Å². The molecule has 3 nitrogen and oxygen atoms in total. The first-order chi connectivity index (χ1) is 9.97. The van der Waals surface area contributed by atoms with Crippen molar-refractivity contribution < 1.29 is 5.11 Å². The number of aliphatic hydroxyl groups is 1. The summed E-state index contributed by atoms with van der Waals surface area (Å²) in [6.45, 7) is 12.4. The molecule has 1 aliphatic heterocycles. The maximum absolute atomic E-state index is 10.2. The van der Waals surface area contributed by atoms with E-state index in [0.29, 0.717) is 6.54 Å². The van der Waals surface area contributed by atoms with Gasteiger partial charge in [0.05, 0.1) is 6.10 Å². The molecule has 0 radical (unpaired) electrons. The zero-order chi connectivity index (χ0) is 15.4. The number of β-amino-alcohol motifs (C(OH)–C–C–N with tert-alkyl or cyclic N) is 1. The van der Waals surface area contributed by atoms with E-state index in [4.69, 9.17) is 0 Å². The smallest absolute Gasteiger partial charge is 0.0791 e. The number of nitrogens with one attached hydrogen (secondary N) is 1. The summed E-state index contributed by atoms with van der Waals surface area (Å²) in [6, 6.07) is 4.80. The van der Waals surface area contributed by atoms with E-state index in [2.05, 4.69) is 50.0 Å². The molecule has 1 fully saturated rings. The number of aliphatic hydroxyl groups excluding tert-OH is 1. The van der Waals surface area contributed by atoms with Crippen LogP contribution in [0.1, 0.15) is 48.1 Å². The molecule has 0 aliphatic carbocycles. The molecular formula is C18H30N2O. The molecule has 0 spiro atoms. The Bertz CT molecular complexity index is 467. The Morgan fingerprint density at radius 3 is 2.38 bits per heavy atom. The van der Waals surface area contributed by atoms with Gasteiger partial charge in [0, 0.05) is 19.1 Å². The Labute approximate surface area is 129 Å². The third-order valence-corrected chi connectivity index (χ3v) is 4.68. The number of rotatable bonds is 6. The lowest BCUT2D eigenvalue weighted by Gasteiger charge is -2.23. The average molecular weight is 290 g/mol. The van der Waals surface area contributed by atoms with Crippen molar-refractivity contribution in [2.24, 2.45) is 0 Å². The Morgan fingerprint density at radius 2 is 1.71 bits per heavy atom. The minimum atomic E-state index is -0.280. The summed E-state index contributed by atoms with van der Waals surface area (Å²) >= 11 is 0. The highest BCUT2D eigenvalue weighted by molar-refractivity contribution is 5.38. The molecule has 1 saturated heterocycles. The highest BCUT2D eigenvalue weighted by Gasteiger charge is 2.17. The molecule has 21 heavy (non-hydrogen) atoms. The summed E-state index contributed by atoms with van der Waals surface area (Å²) in [5.74, 6) is 0. The number of nitrogens with zero attached hydrogens (tertiary/aromatic N) is 1. The molecule has 0 bridgehead atoms. The first kappa shape index (κ1) is 16.5. The van der Waals surface area contributed by atoms with Crippen molar-refractivity contribution >= 4 is 0 Å².